The first-order valence-electron chi connectivity index (χ1n) is 11.1. The van der Waals surface area contributed by atoms with E-state index >= 15 is 0 Å². The molecule has 5 rings (SSSR count). The summed E-state index contributed by atoms with van der Waals surface area (Å²) in [5.74, 6) is -0.505. The minimum atomic E-state index is -4.72. The summed E-state index contributed by atoms with van der Waals surface area (Å²) in [4.78, 5) is 21.3. The monoisotopic (exact) mass is 499 g/mol. The Morgan fingerprint density at radius 3 is 2.20 bits per heavy atom. The minimum absolute atomic E-state index is 0.0979. The van der Waals surface area contributed by atoms with Gasteiger partial charge in [-0.15, -0.1) is 0 Å². The fraction of sp³-hybridized carbons (Fsp3) is 0.240. The fourth-order valence-electron chi connectivity index (χ4n) is 4.19. The SMILES string of the molecule is O=C(c1nn2c(C(F)(F)F)cc(-c3ccccc3)nc2c1Cl)N1CCN(Cc2ccccc2)CC1. The zero-order valence-electron chi connectivity index (χ0n) is 18.5. The van der Waals surface area contributed by atoms with Gasteiger partial charge in [0.15, 0.2) is 17.0 Å². The van der Waals surface area contributed by atoms with E-state index in [1.807, 2.05) is 30.3 Å². The number of benzene rings is 2. The Kier molecular flexibility index (Phi) is 6.21. The Morgan fingerprint density at radius 2 is 1.57 bits per heavy atom. The second kappa shape index (κ2) is 9.31. The Bertz CT molecular complexity index is 1350. The number of nitrogens with zero attached hydrogens (tertiary/aromatic N) is 5. The topological polar surface area (TPSA) is 53.7 Å². The zero-order valence-corrected chi connectivity index (χ0v) is 19.3. The molecule has 0 radical (unpaired) electrons. The Labute approximate surface area is 204 Å². The maximum atomic E-state index is 13.9. The lowest BCUT2D eigenvalue weighted by atomic mass is 10.1. The van der Waals surface area contributed by atoms with Crippen molar-refractivity contribution < 1.29 is 18.0 Å². The summed E-state index contributed by atoms with van der Waals surface area (Å²) in [6.07, 6.45) is -4.72. The number of fused-ring (bicyclic) bond motifs is 1. The maximum absolute atomic E-state index is 13.9. The van der Waals surface area contributed by atoms with E-state index in [2.05, 4.69) is 15.0 Å². The number of hydrogen-bond donors (Lipinski definition) is 0. The molecule has 180 valence electrons. The molecule has 1 aliphatic rings. The normalized spacial score (nSPS) is 15.0. The van der Waals surface area contributed by atoms with Crippen molar-refractivity contribution in [3.63, 3.8) is 0 Å². The van der Waals surface area contributed by atoms with Gasteiger partial charge in [0, 0.05) is 38.3 Å². The summed E-state index contributed by atoms with van der Waals surface area (Å²) in [5, 5.41) is 3.78. The summed E-state index contributed by atoms with van der Waals surface area (Å²) in [5.41, 5.74) is 0.296. The van der Waals surface area contributed by atoms with Crippen LogP contribution in [0.3, 0.4) is 0 Å². The highest BCUT2D eigenvalue weighted by Crippen LogP contribution is 2.34. The molecule has 0 unspecified atom stereocenters. The van der Waals surface area contributed by atoms with E-state index in [-0.39, 0.29) is 22.1 Å². The lowest BCUT2D eigenvalue weighted by Gasteiger charge is -2.34. The van der Waals surface area contributed by atoms with Gasteiger partial charge in [0.25, 0.3) is 5.91 Å². The molecule has 4 aromatic rings. The largest absolute Gasteiger partial charge is 0.433 e. The predicted octanol–water partition coefficient (Wildman–Crippen LogP) is 5.03. The van der Waals surface area contributed by atoms with E-state index in [0.717, 1.165) is 12.6 Å². The molecule has 0 atom stereocenters. The first kappa shape index (κ1) is 23.3. The molecule has 6 nitrogen and oxygen atoms in total. The van der Waals surface area contributed by atoms with Gasteiger partial charge >= 0.3 is 6.18 Å². The summed E-state index contributed by atoms with van der Waals surface area (Å²) in [6.45, 7) is 2.88. The molecule has 0 bridgehead atoms. The van der Waals surface area contributed by atoms with Gasteiger partial charge in [0.2, 0.25) is 0 Å². The quantitative estimate of drug-likeness (QED) is 0.395. The van der Waals surface area contributed by atoms with Crippen LogP contribution in [0.15, 0.2) is 66.7 Å². The van der Waals surface area contributed by atoms with Crippen molar-refractivity contribution in [2.24, 2.45) is 0 Å². The van der Waals surface area contributed by atoms with Crippen LogP contribution in [-0.4, -0.2) is 56.5 Å². The van der Waals surface area contributed by atoms with Crippen molar-refractivity contribution in [3.05, 3.63) is 88.7 Å². The van der Waals surface area contributed by atoms with E-state index < -0.39 is 17.8 Å². The average molecular weight is 500 g/mol. The molecule has 1 fully saturated rings. The third-order valence-corrected chi connectivity index (χ3v) is 6.35. The Balaban J connectivity index is 1.43. The second-order valence-electron chi connectivity index (χ2n) is 8.34. The highest BCUT2D eigenvalue weighted by atomic mass is 35.5. The van der Waals surface area contributed by atoms with E-state index in [4.69, 9.17) is 11.6 Å². The molecule has 3 heterocycles. The first-order valence-corrected chi connectivity index (χ1v) is 11.5. The second-order valence-corrected chi connectivity index (χ2v) is 8.72. The van der Waals surface area contributed by atoms with Crippen LogP contribution in [0.4, 0.5) is 13.2 Å². The van der Waals surface area contributed by atoms with Gasteiger partial charge in [-0.3, -0.25) is 9.69 Å². The van der Waals surface area contributed by atoms with Crippen molar-refractivity contribution in [1.29, 1.82) is 0 Å². The number of aromatic nitrogens is 3. The van der Waals surface area contributed by atoms with Crippen LogP contribution in [0.2, 0.25) is 5.02 Å². The van der Waals surface area contributed by atoms with Crippen LogP contribution in [0.1, 0.15) is 21.7 Å². The lowest BCUT2D eigenvalue weighted by Crippen LogP contribution is -2.48. The molecule has 10 heteroatoms. The van der Waals surface area contributed by atoms with E-state index in [9.17, 15) is 18.0 Å². The molecule has 1 amide bonds. The maximum Gasteiger partial charge on any atom is 0.433 e. The van der Waals surface area contributed by atoms with Gasteiger partial charge in [-0.05, 0) is 11.6 Å². The molecule has 2 aromatic carbocycles. The van der Waals surface area contributed by atoms with Crippen LogP contribution >= 0.6 is 11.6 Å². The van der Waals surface area contributed by atoms with Gasteiger partial charge in [0.1, 0.15) is 5.02 Å². The van der Waals surface area contributed by atoms with Gasteiger partial charge in [-0.1, -0.05) is 72.3 Å². The van der Waals surface area contributed by atoms with Gasteiger partial charge < -0.3 is 4.90 Å². The lowest BCUT2D eigenvalue weighted by molar-refractivity contribution is -0.142. The van der Waals surface area contributed by atoms with Crippen LogP contribution < -0.4 is 0 Å². The molecule has 1 saturated heterocycles. The third-order valence-electron chi connectivity index (χ3n) is 6.00. The number of halogens is 4. The van der Waals surface area contributed by atoms with Crippen molar-refractivity contribution in [2.75, 3.05) is 26.2 Å². The first-order chi connectivity index (χ1) is 16.8. The highest BCUT2D eigenvalue weighted by molar-refractivity contribution is 6.36. The summed E-state index contributed by atoms with van der Waals surface area (Å²) in [7, 11) is 0. The average Bonchev–Trinajstić information content (AvgIpc) is 3.20. The number of piperazine rings is 1. The molecule has 0 saturated carbocycles. The number of rotatable bonds is 4. The van der Waals surface area contributed by atoms with E-state index in [1.165, 1.54) is 5.56 Å². The molecular weight excluding hydrogens is 479 g/mol. The van der Waals surface area contributed by atoms with Gasteiger partial charge in [-0.2, -0.15) is 18.3 Å². The highest BCUT2D eigenvalue weighted by Gasteiger charge is 2.37. The number of amides is 1. The van der Waals surface area contributed by atoms with Crippen molar-refractivity contribution in [2.45, 2.75) is 12.7 Å². The van der Waals surface area contributed by atoms with Gasteiger partial charge in [0.05, 0.1) is 5.69 Å². The molecule has 35 heavy (non-hydrogen) atoms. The standard InChI is InChI=1S/C25H21ClF3N5O/c26-21-22(24(35)33-13-11-32(12-14-33)16-17-7-3-1-4-8-17)31-34-20(25(27,28)29)15-19(30-23(21)34)18-9-5-2-6-10-18/h1-10,15H,11-14,16H2. The molecule has 0 spiro atoms. The van der Waals surface area contributed by atoms with Crippen molar-refractivity contribution in [3.8, 4) is 11.3 Å². The fourth-order valence-corrected chi connectivity index (χ4v) is 4.43. The zero-order chi connectivity index (χ0) is 24.6. The summed E-state index contributed by atoms with van der Waals surface area (Å²) < 4.78 is 42.3. The molecule has 0 N–H and O–H groups in total. The number of carbonyl (C=O) groups is 1. The van der Waals surface area contributed by atoms with Crippen LogP contribution in [0.5, 0.6) is 0 Å². The van der Waals surface area contributed by atoms with E-state index in [0.29, 0.717) is 36.3 Å². The summed E-state index contributed by atoms with van der Waals surface area (Å²) in [6, 6.07) is 19.4. The number of alkyl halides is 3. The van der Waals surface area contributed by atoms with Crippen LogP contribution in [0, 0.1) is 0 Å². The predicted molar refractivity (Wildman–Crippen MR) is 126 cm³/mol. The van der Waals surface area contributed by atoms with Crippen molar-refractivity contribution >= 4 is 23.2 Å². The molecule has 1 aliphatic heterocycles. The third kappa shape index (κ3) is 4.74. The molecule has 0 aliphatic carbocycles. The smallest absolute Gasteiger partial charge is 0.335 e. The van der Waals surface area contributed by atoms with Crippen molar-refractivity contribution in [1.82, 2.24) is 24.4 Å². The molecular formula is C25H21ClF3N5O. The van der Waals surface area contributed by atoms with Crippen LogP contribution in [-0.2, 0) is 12.7 Å². The van der Waals surface area contributed by atoms with Gasteiger partial charge in [-0.25, -0.2) is 9.50 Å². The van der Waals surface area contributed by atoms with Crippen LogP contribution in [0.25, 0.3) is 16.9 Å². The Morgan fingerprint density at radius 1 is 0.943 bits per heavy atom. The van der Waals surface area contributed by atoms with E-state index in [1.54, 1.807) is 35.2 Å². The summed E-state index contributed by atoms with van der Waals surface area (Å²) >= 11 is 6.42. The molecule has 2 aromatic heterocycles. The number of hydrogen-bond acceptors (Lipinski definition) is 4. The minimum Gasteiger partial charge on any atom is -0.335 e. The number of carbonyl (C=O) groups excluding carboxylic acids is 1. The Hall–Kier alpha value is -3.43.